The van der Waals surface area contributed by atoms with Gasteiger partial charge in [-0.25, -0.2) is 0 Å². The van der Waals surface area contributed by atoms with Crippen molar-refractivity contribution in [3.8, 4) is 0 Å². The van der Waals surface area contributed by atoms with Crippen LogP contribution in [0.2, 0.25) is 0 Å². The van der Waals surface area contributed by atoms with Gasteiger partial charge >= 0.3 is 0 Å². The zero-order valence-corrected chi connectivity index (χ0v) is 14.3. The van der Waals surface area contributed by atoms with Crippen molar-refractivity contribution in [3.63, 3.8) is 0 Å². The fourth-order valence-corrected chi connectivity index (χ4v) is 2.88. The van der Waals surface area contributed by atoms with Crippen molar-refractivity contribution in [2.24, 2.45) is 5.92 Å². The topological polar surface area (TPSA) is 28.2 Å². The molecular formula is C18H31N3. The molecule has 3 nitrogen and oxygen atoms in total. The van der Waals surface area contributed by atoms with Gasteiger partial charge in [0.05, 0.1) is 11.4 Å². The van der Waals surface area contributed by atoms with E-state index in [0.717, 1.165) is 24.7 Å². The number of nitrogens with one attached hydrogen (secondary N) is 1. The highest BCUT2D eigenvalue weighted by atomic mass is 15.2. The van der Waals surface area contributed by atoms with Crippen molar-refractivity contribution in [1.29, 1.82) is 0 Å². The molecule has 1 aromatic rings. The average Bonchev–Trinajstić information content (AvgIpc) is 2.40. The highest BCUT2D eigenvalue weighted by Gasteiger charge is 2.23. The van der Waals surface area contributed by atoms with Crippen LogP contribution in [0.25, 0.3) is 0 Å². The number of aromatic nitrogens is 1. The summed E-state index contributed by atoms with van der Waals surface area (Å²) in [7, 11) is 0. The van der Waals surface area contributed by atoms with E-state index in [2.05, 4.69) is 63.0 Å². The van der Waals surface area contributed by atoms with E-state index < -0.39 is 0 Å². The smallest absolute Gasteiger partial charge is 0.0547 e. The molecule has 0 aliphatic carbocycles. The van der Waals surface area contributed by atoms with E-state index in [-0.39, 0.29) is 5.54 Å². The second-order valence-electron chi connectivity index (χ2n) is 7.68. The molecule has 2 atom stereocenters. The van der Waals surface area contributed by atoms with Crippen LogP contribution < -0.4 is 5.32 Å². The van der Waals surface area contributed by atoms with E-state index >= 15 is 0 Å². The van der Waals surface area contributed by atoms with Crippen LogP contribution >= 0.6 is 0 Å². The van der Waals surface area contributed by atoms with E-state index in [1.807, 2.05) is 0 Å². The number of hydrogen-bond donors (Lipinski definition) is 1. The monoisotopic (exact) mass is 289 g/mol. The Morgan fingerprint density at radius 3 is 2.62 bits per heavy atom. The highest BCUT2D eigenvalue weighted by molar-refractivity contribution is 5.11. The van der Waals surface area contributed by atoms with Crippen molar-refractivity contribution < 1.29 is 0 Å². The lowest BCUT2D eigenvalue weighted by molar-refractivity contribution is 0.116. The summed E-state index contributed by atoms with van der Waals surface area (Å²) >= 11 is 0. The normalized spacial score (nSPS) is 24.2. The van der Waals surface area contributed by atoms with Crippen LogP contribution in [-0.2, 0) is 13.1 Å². The fourth-order valence-electron chi connectivity index (χ4n) is 2.88. The lowest BCUT2D eigenvalue weighted by atomic mass is 9.95. The van der Waals surface area contributed by atoms with E-state index in [1.165, 1.54) is 25.1 Å². The molecule has 2 unspecified atom stereocenters. The Bertz CT molecular complexity index is 450. The molecule has 1 aliphatic rings. The fraction of sp³-hybridized carbons (Fsp3) is 0.722. The van der Waals surface area contributed by atoms with Gasteiger partial charge in [-0.3, -0.25) is 9.88 Å². The van der Waals surface area contributed by atoms with Gasteiger partial charge in [-0.05, 0) is 58.6 Å². The van der Waals surface area contributed by atoms with Crippen LogP contribution in [-0.4, -0.2) is 28.0 Å². The van der Waals surface area contributed by atoms with Crippen molar-refractivity contribution >= 4 is 0 Å². The van der Waals surface area contributed by atoms with Gasteiger partial charge in [0.25, 0.3) is 0 Å². The quantitative estimate of drug-likeness (QED) is 0.918. The minimum Gasteiger partial charge on any atom is -0.306 e. The van der Waals surface area contributed by atoms with Gasteiger partial charge in [0.15, 0.2) is 0 Å². The first-order valence-electron chi connectivity index (χ1n) is 8.27. The van der Waals surface area contributed by atoms with Gasteiger partial charge in [-0.2, -0.15) is 0 Å². The maximum atomic E-state index is 4.83. The van der Waals surface area contributed by atoms with Crippen molar-refractivity contribution in [2.75, 3.05) is 6.54 Å². The van der Waals surface area contributed by atoms with Crippen LogP contribution in [0.5, 0.6) is 0 Å². The second-order valence-corrected chi connectivity index (χ2v) is 7.68. The van der Waals surface area contributed by atoms with Gasteiger partial charge in [-0.1, -0.05) is 13.0 Å². The Morgan fingerprint density at radius 2 is 1.90 bits per heavy atom. The summed E-state index contributed by atoms with van der Waals surface area (Å²) in [4.78, 5) is 7.41. The lowest BCUT2D eigenvalue weighted by Gasteiger charge is -2.36. The van der Waals surface area contributed by atoms with Gasteiger partial charge < -0.3 is 5.32 Å². The van der Waals surface area contributed by atoms with Crippen LogP contribution in [0.4, 0.5) is 0 Å². The molecule has 0 aromatic carbocycles. The third kappa shape index (κ3) is 5.40. The second kappa shape index (κ2) is 6.89. The maximum absolute atomic E-state index is 4.83. The number of rotatable bonds is 4. The largest absolute Gasteiger partial charge is 0.306 e. The minimum absolute atomic E-state index is 0.133. The van der Waals surface area contributed by atoms with Crippen LogP contribution in [0, 0.1) is 5.92 Å². The van der Waals surface area contributed by atoms with Crippen molar-refractivity contribution in [2.45, 2.75) is 72.1 Å². The molecule has 2 heterocycles. The van der Waals surface area contributed by atoms with E-state index in [0.29, 0.717) is 6.04 Å². The lowest BCUT2D eigenvalue weighted by Crippen LogP contribution is -2.40. The molecule has 0 amide bonds. The maximum Gasteiger partial charge on any atom is 0.0547 e. The SMILES string of the molecule is CC1CCC(C)N(Cc2cccc(CNC(C)(C)C)n2)C1. The Balaban J connectivity index is 1.97. The highest BCUT2D eigenvalue weighted by Crippen LogP contribution is 2.22. The molecular weight excluding hydrogens is 258 g/mol. The predicted molar refractivity (Wildman–Crippen MR) is 89.1 cm³/mol. The van der Waals surface area contributed by atoms with Gasteiger partial charge in [0.1, 0.15) is 0 Å². The summed E-state index contributed by atoms with van der Waals surface area (Å²) in [6, 6.07) is 7.09. The third-order valence-electron chi connectivity index (χ3n) is 4.28. The van der Waals surface area contributed by atoms with E-state index in [9.17, 15) is 0 Å². The molecule has 21 heavy (non-hydrogen) atoms. The van der Waals surface area contributed by atoms with Crippen molar-refractivity contribution in [1.82, 2.24) is 15.2 Å². The van der Waals surface area contributed by atoms with Gasteiger partial charge in [0, 0.05) is 31.2 Å². The summed E-state index contributed by atoms with van der Waals surface area (Å²) in [6.45, 7) is 14.3. The summed E-state index contributed by atoms with van der Waals surface area (Å²) in [5.41, 5.74) is 2.47. The Hall–Kier alpha value is -0.930. The van der Waals surface area contributed by atoms with Gasteiger partial charge in [0.2, 0.25) is 0 Å². The molecule has 3 heteroatoms. The molecule has 0 saturated carbocycles. The molecule has 0 radical (unpaired) electrons. The van der Waals surface area contributed by atoms with Crippen LogP contribution in [0.1, 0.15) is 58.8 Å². The zero-order chi connectivity index (χ0) is 15.5. The summed E-state index contributed by atoms with van der Waals surface area (Å²) < 4.78 is 0. The zero-order valence-electron chi connectivity index (χ0n) is 14.3. The molecule has 2 rings (SSSR count). The third-order valence-corrected chi connectivity index (χ3v) is 4.28. The number of piperidine rings is 1. The predicted octanol–water partition coefficient (Wildman–Crippen LogP) is 3.59. The van der Waals surface area contributed by atoms with Gasteiger partial charge in [-0.15, -0.1) is 0 Å². The first kappa shape index (κ1) is 16.4. The van der Waals surface area contributed by atoms with E-state index in [1.54, 1.807) is 0 Å². The van der Waals surface area contributed by atoms with Crippen LogP contribution in [0.3, 0.4) is 0 Å². The summed E-state index contributed by atoms with van der Waals surface area (Å²) in [6.07, 6.45) is 2.67. The molecule has 1 saturated heterocycles. The Kier molecular flexibility index (Phi) is 5.39. The number of pyridine rings is 1. The Labute approximate surface area is 130 Å². The first-order valence-corrected chi connectivity index (χ1v) is 8.27. The standard InChI is InChI=1S/C18H31N3/c1-14-9-10-15(2)21(12-14)13-17-8-6-7-16(20-17)11-19-18(3,4)5/h6-8,14-15,19H,9-13H2,1-5H3. The molecule has 1 aliphatic heterocycles. The molecule has 0 spiro atoms. The molecule has 118 valence electrons. The number of nitrogens with zero attached hydrogens (tertiary/aromatic N) is 2. The van der Waals surface area contributed by atoms with Crippen molar-refractivity contribution in [3.05, 3.63) is 29.6 Å². The number of hydrogen-bond acceptors (Lipinski definition) is 3. The average molecular weight is 289 g/mol. The molecule has 1 fully saturated rings. The number of likely N-dealkylation sites (tertiary alicyclic amines) is 1. The molecule has 1 aromatic heterocycles. The molecule has 1 N–H and O–H groups in total. The summed E-state index contributed by atoms with van der Waals surface area (Å²) in [5, 5.41) is 3.51. The first-order chi connectivity index (χ1) is 9.83. The van der Waals surface area contributed by atoms with Crippen LogP contribution in [0.15, 0.2) is 18.2 Å². The Morgan fingerprint density at radius 1 is 1.19 bits per heavy atom. The van der Waals surface area contributed by atoms with E-state index in [4.69, 9.17) is 4.98 Å². The summed E-state index contributed by atoms with van der Waals surface area (Å²) in [5.74, 6) is 0.812. The minimum atomic E-state index is 0.133. The molecule has 0 bridgehead atoms.